The maximum atomic E-state index is 13.1. The summed E-state index contributed by atoms with van der Waals surface area (Å²) in [6.45, 7) is 3.63. The van der Waals surface area contributed by atoms with Crippen LogP contribution >= 0.6 is 0 Å². The summed E-state index contributed by atoms with van der Waals surface area (Å²) < 4.78 is 78.3. The number of carbonyl (C=O) groups excluding carboxylic acids is 1. The second-order valence-electron chi connectivity index (χ2n) is 6.44. The lowest BCUT2D eigenvalue weighted by Gasteiger charge is -2.14. The lowest BCUT2D eigenvalue weighted by molar-refractivity contribution is -0.143. The molecule has 2 aromatic carbocycles. The van der Waals surface area contributed by atoms with Gasteiger partial charge in [0.05, 0.1) is 11.1 Å². The van der Waals surface area contributed by atoms with Gasteiger partial charge in [-0.15, -0.1) is 0 Å². The fourth-order valence-corrected chi connectivity index (χ4v) is 2.85. The zero-order valence-electron chi connectivity index (χ0n) is 14.7. The van der Waals surface area contributed by atoms with Crippen molar-refractivity contribution in [3.63, 3.8) is 0 Å². The molecule has 2 nitrogen and oxygen atoms in total. The number of aryl methyl sites for hydroxylation is 2. The molecule has 0 aliphatic heterocycles. The van der Waals surface area contributed by atoms with Crippen molar-refractivity contribution in [2.24, 2.45) is 0 Å². The van der Waals surface area contributed by atoms with Crippen molar-refractivity contribution in [2.75, 3.05) is 0 Å². The molecule has 0 unspecified atom stereocenters. The van der Waals surface area contributed by atoms with Crippen molar-refractivity contribution in [2.45, 2.75) is 26.2 Å². The van der Waals surface area contributed by atoms with E-state index in [2.05, 4.69) is 4.98 Å². The van der Waals surface area contributed by atoms with E-state index in [1.54, 1.807) is 25.1 Å². The number of aromatic nitrogens is 1. The van der Waals surface area contributed by atoms with Crippen molar-refractivity contribution in [3.8, 4) is 0 Å². The van der Waals surface area contributed by atoms with E-state index in [0.717, 1.165) is 11.1 Å². The Morgan fingerprint density at radius 3 is 1.89 bits per heavy atom. The normalized spacial score (nSPS) is 12.4. The fourth-order valence-electron chi connectivity index (χ4n) is 2.85. The Labute approximate surface area is 155 Å². The molecule has 8 heteroatoms. The third-order valence-electron chi connectivity index (χ3n) is 4.44. The summed E-state index contributed by atoms with van der Waals surface area (Å²) in [5.74, 6) is -1.01. The Morgan fingerprint density at radius 1 is 0.821 bits per heavy atom. The highest BCUT2D eigenvalue weighted by molar-refractivity contribution is 6.15. The number of ketones is 1. The van der Waals surface area contributed by atoms with Gasteiger partial charge in [0.25, 0.3) is 0 Å². The smallest absolute Gasteiger partial charge is 0.287 e. The van der Waals surface area contributed by atoms with E-state index in [9.17, 15) is 31.1 Å². The van der Waals surface area contributed by atoms with E-state index in [1.807, 2.05) is 6.92 Å². The highest BCUT2D eigenvalue weighted by Crippen LogP contribution is 2.37. The van der Waals surface area contributed by atoms with Gasteiger partial charge in [-0.1, -0.05) is 6.07 Å². The van der Waals surface area contributed by atoms with Crippen molar-refractivity contribution in [1.29, 1.82) is 0 Å². The van der Waals surface area contributed by atoms with Gasteiger partial charge in [-0.2, -0.15) is 26.3 Å². The van der Waals surface area contributed by atoms with Crippen molar-refractivity contribution < 1.29 is 31.1 Å². The summed E-state index contributed by atoms with van der Waals surface area (Å²) >= 11 is 0. The topological polar surface area (TPSA) is 30.0 Å². The lowest BCUT2D eigenvalue weighted by Crippen LogP contribution is -2.14. The predicted molar refractivity (Wildman–Crippen MR) is 91.1 cm³/mol. The minimum Gasteiger partial charge on any atom is -0.287 e. The van der Waals surface area contributed by atoms with Gasteiger partial charge in [-0.3, -0.25) is 9.78 Å². The van der Waals surface area contributed by atoms with Gasteiger partial charge in [0.2, 0.25) is 5.78 Å². The molecule has 3 rings (SSSR count). The van der Waals surface area contributed by atoms with E-state index in [0.29, 0.717) is 22.9 Å². The molecule has 0 atom stereocenters. The van der Waals surface area contributed by atoms with Crippen LogP contribution in [0.3, 0.4) is 0 Å². The van der Waals surface area contributed by atoms with E-state index >= 15 is 0 Å². The Kier molecular flexibility index (Phi) is 4.69. The number of hydrogen-bond donors (Lipinski definition) is 0. The first-order valence-corrected chi connectivity index (χ1v) is 8.08. The molecule has 0 amide bonds. The number of carbonyl (C=O) groups is 1. The zero-order chi connectivity index (χ0) is 20.9. The fraction of sp³-hybridized carbons (Fsp3) is 0.200. The Morgan fingerprint density at radius 2 is 1.36 bits per heavy atom. The van der Waals surface area contributed by atoms with Gasteiger partial charge in [-0.05, 0) is 60.7 Å². The van der Waals surface area contributed by atoms with Crippen LogP contribution in [0.25, 0.3) is 10.8 Å². The van der Waals surface area contributed by atoms with Gasteiger partial charge in [0, 0.05) is 17.1 Å². The molecule has 0 spiro atoms. The zero-order valence-corrected chi connectivity index (χ0v) is 14.7. The first-order valence-electron chi connectivity index (χ1n) is 8.08. The minimum atomic E-state index is -5.03. The molecule has 146 valence electrons. The lowest BCUT2D eigenvalue weighted by atomic mass is 9.96. The number of alkyl halides is 6. The van der Waals surface area contributed by atoms with E-state index < -0.39 is 34.8 Å². The van der Waals surface area contributed by atoms with Gasteiger partial charge >= 0.3 is 12.4 Å². The second kappa shape index (κ2) is 6.61. The monoisotopic (exact) mass is 397 g/mol. The van der Waals surface area contributed by atoms with Crippen LogP contribution in [0.2, 0.25) is 0 Å². The highest BCUT2D eigenvalue weighted by Gasteiger charge is 2.37. The maximum Gasteiger partial charge on any atom is 0.416 e. The van der Waals surface area contributed by atoms with Crippen LogP contribution in [0.5, 0.6) is 0 Å². The van der Waals surface area contributed by atoms with Gasteiger partial charge < -0.3 is 0 Å². The van der Waals surface area contributed by atoms with Crippen LogP contribution in [0.4, 0.5) is 26.3 Å². The average Bonchev–Trinajstić information content (AvgIpc) is 2.60. The first-order chi connectivity index (χ1) is 12.9. The van der Waals surface area contributed by atoms with Gasteiger partial charge in [-0.25, -0.2) is 0 Å². The molecule has 0 N–H and O–H groups in total. The van der Waals surface area contributed by atoms with Gasteiger partial charge in [0.1, 0.15) is 5.69 Å². The quantitative estimate of drug-likeness (QED) is 0.385. The first kappa shape index (κ1) is 19.9. The standard InChI is InChI=1S/C20H13F6NO/c1-10-5-12-3-4-27-17(16(12)6-11(10)2)18(28)13-7-14(19(21,22)23)9-15(8-13)20(24,25)26/h3-9H,1-2H3. The summed E-state index contributed by atoms with van der Waals surface area (Å²) in [4.78, 5) is 16.7. The molecule has 1 aromatic heterocycles. The van der Waals surface area contributed by atoms with Gasteiger partial charge in [0.15, 0.2) is 0 Å². The molecule has 0 bridgehead atoms. The number of rotatable bonds is 2. The summed E-state index contributed by atoms with van der Waals surface area (Å²) in [6.07, 6.45) is -8.77. The van der Waals surface area contributed by atoms with Crippen LogP contribution in [0.1, 0.15) is 38.3 Å². The van der Waals surface area contributed by atoms with Crippen molar-refractivity contribution in [3.05, 3.63) is 76.1 Å². The molecule has 28 heavy (non-hydrogen) atoms. The molecule has 0 radical (unpaired) electrons. The molecule has 1 heterocycles. The molecule has 0 fully saturated rings. The average molecular weight is 397 g/mol. The van der Waals surface area contributed by atoms with E-state index in [-0.39, 0.29) is 11.8 Å². The molecule has 0 aliphatic carbocycles. The molecule has 0 saturated carbocycles. The summed E-state index contributed by atoms with van der Waals surface area (Å²) in [5, 5.41) is 0.978. The third-order valence-corrected chi connectivity index (χ3v) is 4.44. The SMILES string of the molecule is Cc1cc2ccnc(C(=O)c3cc(C(F)(F)F)cc(C(F)(F)F)c3)c2cc1C. The Balaban J connectivity index is 2.23. The number of halogens is 6. The Hall–Kier alpha value is -2.90. The van der Waals surface area contributed by atoms with E-state index in [1.165, 1.54) is 6.20 Å². The Bertz CT molecular complexity index is 1050. The van der Waals surface area contributed by atoms with Crippen LogP contribution in [0.15, 0.2) is 42.6 Å². The van der Waals surface area contributed by atoms with Crippen molar-refractivity contribution >= 4 is 16.6 Å². The van der Waals surface area contributed by atoms with Crippen molar-refractivity contribution in [1.82, 2.24) is 4.98 Å². The largest absolute Gasteiger partial charge is 0.416 e. The molecule has 0 saturated heterocycles. The summed E-state index contributed by atoms with van der Waals surface area (Å²) in [7, 11) is 0. The number of hydrogen-bond acceptors (Lipinski definition) is 2. The number of nitrogens with zero attached hydrogens (tertiary/aromatic N) is 1. The number of pyridine rings is 1. The molecule has 0 aliphatic rings. The van der Waals surface area contributed by atoms with Crippen LogP contribution < -0.4 is 0 Å². The number of fused-ring (bicyclic) bond motifs is 1. The highest BCUT2D eigenvalue weighted by atomic mass is 19.4. The number of benzene rings is 2. The van der Waals surface area contributed by atoms with Crippen LogP contribution in [-0.2, 0) is 12.4 Å². The summed E-state index contributed by atoms with van der Waals surface area (Å²) in [6, 6.07) is 5.85. The summed E-state index contributed by atoms with van der Waals surface area (Å²) in [5.41, 5.74) is -2.27. The van der Waals surface area contributed by atoms with E-state index in [4.69, 9.17) is 0 Å². The maximum absolute atomic E-state index is 13.1. The minimum absolute atomic E-state index is 0.0131. The molecular weight excluding hydrogens is 384 g/mol. The molecular formula is C20H13F6NO. The van der Waals surface area contributed by atoms with Crippen LogP contribution in [0, 0.1) is 13.8 Å². The molecule has 3 aromatic rings. The second-order valence-corrected chi connectivity index (χ2v) is 6.44. The van der Waals surface area contributed by atoms with Crippen LogP contribution in [-0.4, -0.2) is 10.8 Å². The predicted octanol–water partition coefficient (Wildman–Crippen LogP) is 6.12. The third kappa shape index (κ3) is 3.72.